The molecule has 2 heteroatoms. The van der Waals surface area contributed by atoms with E-state index in [1.54, 1.807) is 0 Å². The van der Waals surface area contributed by atoms with E-state index < -0.39 is 0 Å². The summed E-state index contributed by atoms with van der Waals surface area (Å²) in [5.41, 5.74) is 0.558. The van der Waals surface area contributed by atoms with E-state index >= 15 is 0 Å². The molecule has 0 aromatic rings. The molecule has 2 fully saturated rings. The van der Waals surface area contributed by atoms with Crippen LogP contribution in [0.4, 0.5) is 0 Å². The van der Waals surface area contributed by atoms with Gasteiger partial charge in [0.2, 0.25) is 0 Å². The average Bonchev–Trinajstić information content (AvgIpc) is 2.59. The summed E-state index contributed by atoms with van der Waals surface area (Å²) in [5.74, 6) is 0. The fraction of sp³-hybridized carbons (Fsp3) is 1.00. The first kappa shape index (κ1) is 17.3. The van der Waals surface area contributed by atoms with Crippen LogP contribution in [0.5, 0.6) is 0 Å². The Morgan fingerprint density at radius 3 is 2.48 bits per heavy atom. The third-order valence-corrected chi connectivity index (χ3v) is 5.73. The lowest BCUT2D eigenvalue weighted by Crippen LogP contribution is -2.51. The van der Waals surface area contributed by atoms with E-state index in [-0.39, 0.29) is 0 Å². The van der Waals surface area contributed by atoms with Gasteiger partial charge in [0.05, 0.1) is 0 Å². The molecule has 1 aliphatic heterocycles. The maximum absolute atomic E-state index is 3.89. The van der Waals surface area contributed by atoms with Crippen LogP contribution in [-0.4, -0.2) is 36.6 Å². The molecule has 2 aliphatic rings. The van der Waals surface area contributed by atoms with Crippen LogP contribution in [0.1, 0.15) is 85.0 Å². The number of rotatable bonds is 4. The van der Waals surface area contributed by atoms with Crippen molar-refractivity contribution in [2.75, 3.05) is 19.6 Å². The fourth-order valence-corrected chi connectivity index (χ4v) is 4.25. The normalized spacial score (nSPS) is 32.1. The summed E-state index contributed by atoms with van der Waals surface area (Å²) < 4.78 is 0. The Morgan fingerprint density at radius 1 is 0.952 bits per heavy atom. The van der Waals surface area contributed by atoms with Crippen LogP contribution in [0.15, 0.2) is 0 Å². The van der Waals surface area contributed by atoms with E-state index in [2.05, 4.69) is 31.0 Å². The van der Waals surface area contributed by atoms with Crippen molar-refractivity contribution in [3.8, 4) is 0 Å². The van der Waals surface area contributed by atoms with Gasteiger partial charge in [-0.05, 0) is 63.6 Å². The zero-order valence-electron chi connectivity index (χ0n) is 14.8. The number of hydrogen-bond acceptors (Lipinski definition) is 2. The number of nitrogens with zero attached hydrogens (tertiary/aromatic N) is 1. The van der Waals surface area contributed by atoms with Crippen molar-refractivity contribution in [1.82, 2.24) is 10.2 Å². The molecule has 1 aliphatic carbocycles. The number of hydrogen-bond donors (Lipinski definition) is 1. The second-order valence-electron chi connectivity index (χ2n) is 8.17. The maximum Gasteiger partial charge on any atom is 0.0249 e. The number of likely N-dealkylation sites (tertiary alicyclic amines) is 1. The lowest BCUT2D eigenvalue weighted by molar-refractivity contribution is 0.133. The highest BCUT2D eigenvalue weighted by Gasteiger charge is 2.31. The van der Waals surface area contributed by atoms with E-state index in [0.717, 1.165) is 12.1 Å². The monoisotopic (exact) mass is 294 g/mol. The summed E-state index contributed by atoms with van der Waals surface area (Å²) in [6, 6.07) is 1.54. The second kappa shape index (κ2) is 8.53. The van der Waals surface area contributed by atoms with Crippen molar-refractivity contribution in [2.45, 2.75) is 97.1 Å². The minimum absolute atomic E-state index is 0.558. The smallest absolute Gasteiger partial charge is 0.0249 e. The highest BCUT2D eigenvalue weighted by atomic mass is 15.2. The molecule has 0 aromatic carbocycles. The molecule has 0 amide bonds. The summed E-state index contributed by atoms with van der Waals surface area (Å²) >= 11 is 0. The van der Waals surface area contributed by atoms with Gasteiger partial charge < -0.3 is 5.32 Å². The SMILES string of the molecule is CCCNC1CCCCCCC1N1CCCC(C)(C)CC1. The molecule has 1 saturated carbocycles. The minimum atomic E-state index is 0.558. The van der Waals surface area contributed by atoms with Crippen molar-refractivity contribution in [1.29, 1.82) is 0 Å². The van der Waals surface area contributed by atoms with E-state index in [0.29, 0.717) is 5.41 Å². The molecule has 0 spiro atoms. The highest BCUT2D eigenvalue weighted by molar-refractivity contribution is 4.88. The molecular weight excluding hydrogens is 256 g/mol. The quantitative estimate of drug-likeness (QED) is 0.816. The molecule has 21 heavy (non-hydrogen) atoms. The van der Waals surface area contributed by atoms with Gasteiger partial charge in [0.15, 0.2) is 0 Å². The van der Waals surface area contributed by atoms with Gasteiger partial charge in [-0.2, -0.15) is 0 Å². The fourth-order valence-electron chi connectivity index (χ4n) is 4.25. The third-order valence-electron chi connectivity index (χ3n) is 5.73. The first-order valence-corrected chi connectivity index (χ1v) is 9.60. The van der Waals surface area contributed by atoms with Crippen LogP contribution >= 0.6 is 0 Å². The Bertz CT molecular complexity index is 285. The summed E-state index contributed by atoms with van der Waals surface area (Å²) in [4.78, 5) is 2.85. The van der Waals surface area contributed by atoms with Gasteiger partial charge in [0.25, 0.3) is 0 Å². The van der Waals surface area contributed by atoms with Crippen LogP contribution in [0, 0.1) is 5.41 Å². The second-order valence-corrected chi connectivity index (χ2v) is 8.17. The van der Waals surface area contributed by atoms with Crippen LogP contribution in [0.2, 0.25) is 0 Å². The predicted molar refractivity (Wildman–Crippen MR) is 92.8 cm³/mol. The Morgan fingerprint density at radius 2 is 1.71 bits per heavy atom. The van der Waals surface area contributed by atoms with E-state index in [9.17, 15) is 0 Å². The Labute approximate surface area is 133 Å². The largest absolute Gasteiger partial charge is 0.312 e. The Kier molecular flexibility index (Phi) is 7.01. The zero-order valence-corrected chi connectivity index (χ0v) is 14.8. The van der Waals surface area contributed by atoms with Gasteiger partial charge in [0.1, 0.15) is 0 Å². The molecule has 124 valence electrons. The van der Waals surface area contributed by atoms with Crippen molar-refractivity contribution < 1.29 is 0 Å². The number of nitrogens with one attached hydrogen (secondary N) is 1. The lowest BCUT2D eigenvalue weighted by Gasteiger charge is -2.39. The van der Waals surface area contributed by atoms with Crippen LogP contribution in [0.3, 0.4) is 0 Å². The van der Waals surface area contributed by atoms with Crippen molar-refractivity contribution in [3.05, 3.63) is 0 Å². The zero-order chi connectivity index (χ0) is 15.1. The third kappa shape index (κ3) is 5.56. The lowest BCUT2D eigenvalue weighted by atomic mass is 9.85. The molecule has 2 atom stereocenters. The molecule has 2 nitrogen and oxygen atoms in total. The first-order chi connectivity index (χ1) is 10.1. The van der Waals surface area contributed by atoms with E-state index in [1.807, 2.05) is 0 Å². The van der Waals surface area contributed by atoms with E-state index in [1.165, 1.54) is 83.8 Å². The summed E-state index contributed by atoms with van der Waals surface area (Å²) in [7, 11) is 0. The molecular formula is C19H38N2. The summed E-state index contributed by atoms with van der Waals surface area (Å²) in [6.45, 7) is 11.1. The molecule has 0 bridgehead atoms. The maximum atomic E-state index is 3.89. The molecule has 2 unspecified atom stereocenters. The molecule has 1 saturated heterocycles. The Balaban J connectivity index is 1.99. The van der Waals surface area contributed by atoms with Gasteiger partial charge in [-0.3, -0.25) is 4.90 Å². The van der Waals surface area contributed by atoms with Crippen LogP contribution in [-0.2, 0) is 0 Å². The van der Waals surface area contributed by atoms with Crippen LogP contribution < -0.4 is 5.32 Å². The van der Waals surface area contributed by atoms with Crippen LogP contribution in [0.25, 0.3) is 0 Å². The van der Waals surface area contributed by atoms with Gasteiger partial charge in [-0.1, -0.05) is 46.5 Å². The van der Waals surface area contributed by atoms with Gasteiger partial charge in [-0.25, -0.2) is 0 Å². The Hall–Kier alpha value is -0.0800. The van der Waals surface area contributed by atoms with Crippen molar-refractivity contribution >= 4 is 0 Å². The summed E-state index contributed by atoms with van der Waals surface area (Å²) in [6.07, 6.45) is 14.0. The molecule has 0 aromatic heterocycles. The van der Waals surface area contributed by atoms with E-state index in [4.69, 9.17) is 0 Å². The highest BCUT2D eigenvalue weighted by Crippen LogP contribution is 2.32. The van der Waals surface area contributed by atoms with Crippen molar-refractivity contribution in [2.24, 2.45) is 5.41 Å². The topological polar surface area (TPSA) is 15.3 Å². The molecule has 1 N–H and O–H groups in total. The summed E-state index contributed by atoms with van der Waals surface area (Å²) in [5, 5.41) is 3.89. The van der Waals surface area contributed by atoms with Gasteiger partial charge >= 0.3 is 0 Å². The first-order valence-electron chi connectivity index (χ1n) is 9.60. The minimum Gasteiger partial charge on any atom is -0.312 e. The standard InChI is InChI=1S/C19H38N2/c1-4-14-20-17-10-7-5-6-8-11-18(17)21-15-9-12-19(2,3)13-16-21/h17-18,20H,4-16H2,1-3H3. The average molecular weight is 295 g/mol. The van der Waals surface area contributed by atoms with Gasteiger partial charge in [-0.15, -0.1) is 0 Å². The molecule has 0 radical (unpaired) electrons. The molecule has 2 rings (SSSR count). The van der Waals surface area contributed by atoms with Crippen molar-refractivity contribution in [3.63, 3.8) is 0 Å². The van der Waals surface area contributed by atoms with Gasteiger partial charge in [0, 0.05) is 12.1 Å². The molecule has 1 heterocycles. The predicted octanol–water partition coefficient (Wildman–Crippen LogP) is 4.59.